The van der Waals surface area contributed by atoms with E-state index in [1.165, 1.54) is 11.1 Å². The lowest BCUT2D eigenvalue weighted by Gasteiger charge is -2.25. The Labute approximate surface area is 175 Å². The summed E-state index contributed by atoms with van der Waals surface area (Å²) >= 11 is 1.55. The molecule has 1 aromatic carbocycles. The summed E-state index contributed by atoms with van der Waals surface area (Å²) in [6, 6.07) is 6.64. The van der Waals surface area contributed by atoms with Gasteiger partial charge in [0.25, 0.3) is 0 Å². The van der Waals surface area contributed by atoms with Gasteiger partial charge in [0, 0.05) is 12.1 Å². The summed E-state index contributed by atoms with van der Waals surface area (Å²) in [6.07, 6.45) is 6.71. The van der Waals surface area contributed by atoms with Crippen LogP contribution in [0.25, 0.3) is 0 Å². The fourth-order valence-electron chi connectivity index (χ4n) is 3.71. The van der Waals surface area contributed by atoms with Crippen LogP contribution in [0.5, 0.6) is 5.75 Å². The molecule has 0 radical (unpaired) electrons. The molecule has 2 aromatic heterocycles. The van der Waals surface area contributed by atoms with Gasteiger partial charge in [-0.05, 0) is 44.4 Å². The zero-order valence-electron chi connectivity index (χ0n) is 17.1. The number of ether oxygens (including phenoxy) is 1. The molecule has 152 valence electrons. The number of rotatable bonds is 7. The lowest BCUT2D eigenvalue weighted by molar-refractivity contribution is 0.240. The highest BCUT2D eigenvalue weighted by atomic mass is 32.1. The Kier molecular flexibility index (Phi) is 6.01. The molecule has 0 bridgehead atoms. The smallest absolute Gasteiger partial charge is 0.211 e. The number of anilines is 2. The number of methoxy groups -OCH3 is 1. The van der Waals surface area contributed by atoms with E-state index in [-0.39, 0.29) is 6.04 Å². The molecular weight excluding hydrogens is 384 g/mol. The molecule has 0 aliphatic carbocycles. The van der Waals surface area contributed by atoms with Gasteiger partial charge in [-0.15, -0.1) is 10.2 Å². The maximum Gasteiger partial charge on any atom is 0.211 e. The van der Waals surface area contributed by atoms with E-state index in [9.17, 15) is 0 Å². The van der Waals surface area contributed by atoms with Crippen LogP contribution in [0.3, 0.4) is 0 Å². The van der Waals surface area contributed by atoms with Crippen molar-refractivity contribution in [1.29, 1.82) is 0 Å². The number of aryl methyl sites for hydroxylation is 2. The third-order valence-corrected chi connectivity index (χ3v) is 6.16. The molecule has 0 saturated carbocycles. The zero-order chi connectivity index (χ0) is 20.2. The molecule has 3 heterocycles. The Hall–Kier alpha value is -2.58. The van der Waals surface area contributed by atoms with Crippen molar-refractivity contribution in [2.75, 3.05) is 19.0 Å². The van der Waals surface area contributed by atoms with Gasteiger partial charge >= 0.3 is 0 Å². The molecule has 1 atom stereocenters. The number of benzene rings is 1. The van der Waals surface area contributed by atoms with E-state index in [0.29, 0.717) is 5.82 Å². The zero-order valence-corrected chi connectivity index (χ0v) is 17.9. The first kappa shape index (κ1) is 19.7. The van der Waals surface area contributed by atoms with E-state index in [1.54, 1.807) is 24.6 Å². The van der Waals surface area contributed by atoms with Gasteiger partial charge in [-0.2, -0.15) is 0 Å². The van der Waals surface area contributed by atoms with E-state index < -0.39 is 0 Å². The summed E-state index contributed by atoms with van der Waals surface area (Å²) in [6.45, 7) is 6.03. The van der Waals surface area contributed by atoms with Crippen molar-refractivity contribution < 1.29 is 4.74 Å². The number of aromatic nitrogens is 4. The Morgan fingerprint density at radius 2 is 2.17 bits per heavy atom. The summed E-state index contributed by atoms with van der Waals surface area (Å²) in [7, 11) is 1.73. The lowest BCUT2D eigenvalue weighted by Crippen LogP contribution is -2.24. The summed E-state index contributed by atoms with van der Waals surface area (Å²) in [5.41, 5.74) is 3.39. The predicted molar refractivity (Wildman–Crippen MR) is 115 cm³/mol. The van der Waals surface area contributed by atoms with Gasteiger partial charge in [0.05, 0.1) is 31.2 Å². The molecular formula is C21H26N6OS. The van der Waals surface area contributed by atoms with Crippen molar-refractivity contribution in [2.24, 2.45) is 0 Å². The minimum atomic E-state index is 0.246. The van der Waals surface area contributed by atoms with E-state index in [2.05, 4.69) is 57.4 Å². The van der Waals surface area contributed by atoms with Gasteiger partial charge in [-0.1, -0.05) is 30.4 Å². The van der Waals surface area contributed by atoms with Gasteiger partial charge in [-0.3, -0.25) is 9.88 Å². The first-order chi connectivity index (χ1) is 14.2. The number of hydrogen-bond donors (Lipinski definition) is 1. The Morgan fingerprint density at radius 1 is 1.28 bits per heavy atom. The predicted octanol–water partition coefficient (Wildman–Crippen LogP) is 4.29. The maximum absolute atomic E-state index is 5.60. The summed E-state index contributed by atoms with van der Waals surface area (Å²) in [4.78, 5) is 11.7. The van der Waals surface area contributed by atoms with E-state index in [1.807, 2.05) is 6.20 Å². The maximum atomic E-state index is 5.60. The second kappa shape index (κ2) is 8.84. The largest absolute Gasteiger partial charge is 0.496 e. The number of nitrogens with one attached hydrogen (secondary N) is 1. The van der Waals surface area contributed by atoms with E-state index in [0.717, 1.165) is 53.9 Å². The summed E-state index contributed by atoms with van der Waals surface area (Å²) in [5, 5.41) is 13.3. The van der Waals surface area contributed by atoms with Crippen molar-refractivity contribution in [1.82, 2.24) is 25.1 Å². The van der Waals surface area contributed by atoms with Crippen LogP contribution in [0.2, 0.25) is 0 Å². The van der Waals surface area contributed by atoms with Crippen molar-refractivity contribution in [2.45, 2.75) is 45.7 Å². The number of likely N-dealkylation sites (tertiary alicyclic amines) is 1. The van der Waals surface area contributed by atoms with Gasteiger partial charge in [-0.25, -0.2) is 4.98 Å². The minimum absolute atomic E-state index is 0.246. The SMILES string of the molecule is CCc1nnc(Nc2cncc([C@H]3CCCN3Cc3ccc(C)cc3OC)n2)s1. The van der Waals surface area contributed by atoms with Crippen molar-refractivity contribution in [3.63, 3.8) is 0 Å². The molecule has 1 aliphatic heterocycles. The first-order valence-corrected chi connectivity index (χ1v) is 10.8. The summed E-state index contributed by atoms with van der Waals surface area (Å²) < 4.78 is 5.60. The fourth-order valence-corrected chi connectivity index (χ4v) is 4.40. The van der Waals surface area contributed by atoms with Crippen LogP contribution >= 0.6 is 11.3 Å². The van der Waals surface area contributed by atoms with Crippen molar-refractivity contribution in [3.05, 3.63) is 52.4 Å². The van der Waals surface area contributed by atoms with Crippen molar-refractivity contribution >= 4 is 22.3 Å². The van der Waals surface area contributed by atoms with E-state index in [4.69, 9.17) is 9.72 Å². The van der Waals surface area contributed by atoms with Gasteiger partial charge in [0.1, 0.15) is 10.8 Å². The monoisotopic (exact) mass is 410 g/mol. The first-order valence-electron chi connectivity index (χ1n) is 9.95. The van der Waals surface area contributed by atoms with Crippen LogP contribution < -0.4 is 10.1 Å². The second-order valence-corrected chi connectivity index (χ2v) is 8.31. The Bertz CT molecular complexity index is 975. The highest BCUT2D eigenvalue weighted by Crippen LogP contribution is 2.34. The van der Waals surface area contributed by atoms with Gasteiger partial charge in [0.15, 0.2) is 5.82 Å². The second-order valence-electron chi connectivity index (χ2n) is 7.25. The fraction of sp³-hybridized carbons (Fsp3) is 0.429. The molecule has 1 aliphatic rings. The van der Waals surface area contributed by atoms with Crippen LogP contribution in [0.1, 0.15) is 47.6 Å². The Balaban J connectivity index is 1.51. The molecule has 8 heteroatoms. The average Bonchev–Trinajstić information content (AvgIpc) is 3.39. The number of hydrogen-bond acceptors (Lipinski definition) is 8. The average molecular weight is 411 g/mol. The Morgan fingerprint density at radius 3 is 2.97 bits per heavy atom. The van der Waals surface area contributed by atoms with Crippen LogP contribution in [0.15, 0.2) is 30.6 Å². The topological polar surface area (TPSA) is 76.1 Å². The molecule has 1 N–H and O–H groups in total. The quantitative estimate of drug-likeness (QED) is 0.623. The third kappa shape index (κ3) is 4.54. The molecule has 7 nitrogen and oxygen atoms in total. The highest BCUT2D eigenvalue weighted by molar-refractivity contribution is 7.15. The highest BCUT2D eigenvalue weighted by Gasteiger charge is 2.28. The van der Waals surface area contributed by atoms with Crippen LogP contribution in [-0.4, -0.2) is 38.7 Å². The molecule has 3 aromatic rings. The minimum Gasteiger partial charge on any atom is -0.496 e. The van der Waals surface area contributed by atoms with Gasteiger partial charge < -0.3 is 10.1 Å². The van der Waals surface area contributed by atoms with Crippen LogP contribution in [-0.2, 0) is 13.0 Å². The third-order valence-electron chi connectivity index (χ3n) is 5.18. The van der Waals surface area contributed by atoms with Crippen LogP contribution in [0, 0.1) is 6.92 Å². The molecule has 0 spiro atoms. The molecule has 1 saturated heterocycles. The standard InChI is InChI=1S/C21H26N6OS/c1-4-20-25-26-21(29-20)24-19-12-22-11-16(23-19)17-6-5-9-27(17)13-15-8-7-14(2)10-18(15)28-3/h7-8,10-12,17H,4-6,9,13H2,1-3H3,(H,23,24,26)/t17-/m1/s1. The van der Waals surface area contributed by atoms with Crippen LogP contribution in [0.4, 0.5) is 10.9 Å². The van der Waals surface area contributed by atoms with Crippen molar-refractivity contribution in [3.8, 4) is 5.75 Å². The number of nitrogens with zero attached hydrogens (tertiary/aromatic N) is 5. The normalized spacial score (nSPS) is 16.9. The molecule has 29 heavy (non-hydrogen) atoms. The molecule has 0 amide bonds. The van der Waals surface area contributed by atoms with Gasteiger partial charge in [0.2, 0.25) is 5.13 Å². The summed E-state index contributed by atoms with van der Waals surface area (Å²) in [5.74, 6) is 1.65. The van der Waals surface area contributed by atoms with E-state index >= 15 is 0 Å². The molecule has 4 rings (SSSR count). The lowest BCUT2D eigenvalue weighted by atomic mass is 10.1. The molecule has 1 fully saturated rings. The molecule has 0 unspecified atom stereocenters.